The SMILES string of the molecule is CCCCCCCCCCCCCCCCCCCCOC[C@H](COP(=O)(O)O)OC(=O)CCCCCCCCC. The lowest BCUT2D eigenvalue weighted by molar-refractivity contribution is -0.154. The molecule has 0 unspecified atom stereocenters. The van der Waals surface area contributed by atoms with Gasteiger partial charge in [0.05, 0.1) is 13.2 Å². The van der Waals surface area contributed by atoms with Crippen molar-refractivity contribution in [1.82, 2.24) is 0 Å². The lowest BCUT2D eigenvalue weighted by atomic mass is 10.0. The molecule has 7 nitrogen and oxygen atoms in total. The van der Waals surface area contributed by atoms with Gasteiger partial charge in [-0.1, -0.05) is 162 Å². The van der Waals surface area contributed by atoms with Crippen LogP contribution < -0.4 is 0 Å². The molecule has 0 aromatic heterocycles. The Morgan fingerprint density at radius 2 is 0.927 bits per heavy atom. The summed E-state index contributed by atoms with van der Waals surface area (Å²) in [6.07, 6.45) is 31.1. The van der Waals surface area contributed by atoms with E-state index >= 15 is 0 Å². The molecule has 41 heavy (non-hydrogen) atoms. The highest BCUT2D eigenvalue weighted by molar-refractivity contribution is 7.46. The molecule has 0 fully saturated rings. The Morgan fingerprint density at radius 1 is 0.561 bits per heavy atom. The van der Waals surface area contributed by atoms with Gasteiger partial charge in [0, 0.05) is 13.0 Å². The molecule has 246 valence electrons. The van der Waals surface area contributed by atoms with Crippen LogP contribution in [0.1, 0.15) is 181 Å². The fourth-order valence-corrected chi connectivity index (χ4v) is 5.45. The zero-order valence-corrected chi connectivity index (χ0v) is 27.9. The van der Waals surface area contributed by atoms with Gasteiger partial charge in [0.2, 0.25) is 0 Å². The summed E-state index contributed by atoms with van der Waals surface area (Å²) in [5.74, 6) is -0.366. The van der Waals surface area contributed by atoms with Crippen molar-refractivity contribution in [3.05, 3.63) is 0 Å². The zero-order valence-electron chi connectivity index (χ0n) is 27.0. The maximum absolute atomic E-state index is 12.2. The van der Waals surface area contributed by atoms with E-state index in [2.05, 4.69) is 18.4 Å². The number of ether oxygens (including phenoxy) is 2. The Hall–Kier alpha value is -0.460. The highest BCUT2D eigenvalue weighted by Gasteiger charge is 2.21. The lowest BCUT2D eigenvalue weighted by Gasteiger charge is -2.18. The molecule has 0 amide bonds. The predicted molar refractivity (Wildman–Crippen MR) is 170 cm³/mol. The standard InChI is InChI=1S/C33H67O7P/c1-3-5-7-9-11-12-13-14-15-16-17-18-19-20-21-23-25-27-29-38-30-32(31-39-41(35,36)37)40-33(34)28-26-24-22-10-8-6-4-2/h32H,3-31H2,1-2H3,(H2,35,36,37)/t32-/m1/s1. The first-order valence-electron chi connectivity index (χ1n) is 17.4. The predicted octanol–water partition coefficient (Wildman–Crippen LogP) is 10.2. The van der Waals surface area contributed by atoms with Crippen molar-refractivity contribution in [2.75, 3.05) is 19.8 Å². The monoisotopic (exact) mass is 606 g/mol. The Morgan fingerprint density at radius 3 is 1.32 bits per heavy atom. The first-order valence-corrected chi connectivity index (χ1v) is 18.9. The molecule has 0 aromatic rings. The minimum atomic E-state index is -4.63. The summed E-state index contributed by atoms with van der Waals surface area (Å²) in [4.78, 5) is 30.2. The zero-order chi connectivity index (χ0) is 30.3. The maximum atomic E-state index is 12.2. The number of phosphoric ester groups is 1. The van der Waals surface area contributed by atoms with Gasteiger partial charge in [-0.2, -0.15) is 0 Å². The van der Waals surface area contributed by atoms with Crippen LogP contribution in [0, 0.1) is 0 Å². The van der Waals surface area contributed by atoms with Crippen LogP contribution >= 0.6 is 7.82 Å². The molecule has 0 aliphatic heterocycles. The third kappa shape index (κ3) is 33.9. The molecule has 0 radical (unpaired) electrons. The molecule has 0 aliphatic carbocycles. The van der Waals surface area contributed by atoms with Gasteiger partial charge in [0.25, 0.3) is 0 Å². The van der Waals surface area contributed by atoms with Gasteiger partial charge in [-0.15, -0.1) is 0 Å². The average Bonchev–Trinajstić information content (AvgIpc) is 2.93. The Labute approximate surface area is 253 Å². The minimum Gasteiger partial charge on any atom is -0.457 e. The third-order valence-corrected chi connectivity index (χ3v) is 8.14. The highest BCUT2D eigenvalue weighted by Crippen LogP contribution is 2.35. The van der Waals surface area contributed by atoms with Crippen molar-refractivity contribution < 1.29 is 33.1 Å². The molecule has 0 spiro atoms. The van der Waals surface area contributed by atoms with Gasteiger partial charge in [-0.25, -0.2) is 4.57 Å². The fourth-order valence-electron chi connectivity index (χ4n) is 5.09. The average molecular weight is 607 g/mol. The lowest BCUT2D eigenvalue weighted by Crippen LogP contribution is -2.28. The number of hydrogen-bond acceptors (Lipinski definition) is 5. The van der Waals surface area contributed by atoms with Crippen LogP contribution in [-0.2, 0) is 23.4 Å². The molecule has 1 atom stereocenters. The minimum absolute atomic E-state index is 0.0850. The second kappa shape index (κ2) is 31.0. The molecule has 0 saturated carbocycles. The fraction of sp³-hybridized carbons (Fsp3) is 0.970. The Balaban J connectivity index is 3.70. The molecule has 0 rings (SSSR count). The van der Waals surface area contributed by atoms with Gasteiger partial charge in [-0.3, -0.25) is 9.32 Å². The summed E-state index contributed by atoms with van der Waals surface area (Å²) in [6, 6.07) is 0. The molecule has 8 heteroatoms. The number of hydrogen-bond donors (Lipinski definition) is 2. The Kier molecular flexibility index (Phi) is 30.6. The number of phosphoric acid groups is 1. The van der Waals surface area contributed by atoms with Gasteiger partial charge in [0.15, 0.2) is 0 Å². The van der Waals surface area contributed by atoms with Gasteiger partial charge >= 0.3 is 13.8 Å². The van der Waals surface area contributed by atoms with Gasteiger partial charge in [-0.05, 0) is 12.8 Å². The first-order chi connectivity index (χ1) is 19.9. The number of carbonyl (C=O) groups excluding carboxylic acids is 1. The van der Waals surface area contributed by atoms with Crippen LogP contribution in [0.3, 0.4) is 0 Å². The first kappa shape index (κ1) is 40.5. The summed E-state index contributed by atoms with van der Waals surface area (Å²) in [5, 5.41) is 0. The summed E-state index contributed by atoms with van der Waals surface area (Å²) in [5.41, 5.74) is 0. The van der Waals surface area contributed by atoms with Crippen molar-refractivity contribution in [3.8, 4) is 0 Å². The second-order valence-electron chi connectivity index (χ2n) is 11.9. The maximum Gasteiger partial charge on any atom is 0.469 e. The largest absolute Gasteiger partial charge is 0.469 e. The van der Waals surface area contributed by atoms with Crippen LogP contribution in [0.5, 0.6) is 0 Å². The topological polar surface area (TPSA) is 102 Å². The van der Waals surface area contributed by atoms with Crippen LogP contribution in [-0.4, -0.2) is 41.7 Å². The van der Waals surface area contributed by atoms with E-state index in [-0.39, 0.29) is 19.2 Å². The van der Waals surface area contributed by atoms with E-state index in [0.29, 0.717) is 13.0 Å². The molecular formula is C33H67O7P. The van der Waals surface area contributed by atoms with Crippen molar-refractivity contribution in [2.24, 2.45) is 0 Å². The molecular weight excluding hydrogens is 539 g/mol. The number of unbranched alkanes of at least 4 members (excludes halogenated alkanes) is 23. The highest BCUT2D eigenvalue weighted by atomic mass is 31.2. The number of rotatable bonds is 33. The van der Waals surface area contributed by atoms with Gasteiger partial charge < -0.3 is 19.3 Å². The molecule has 0 aromatic carbocycles. The normalized spacial score (nSPS) is 12.6. The summed E-state index contributed by atoms with van der Waals surface area (Å²) < 4.78 is 26.7. The van der Waals surface area contributed by atoms with Crippen molar-refractivity contribution >= 4 is 13.8 Å². The molecule has 0 aliphatic rings. The number of esters is 1. The van der Waals surface area contributed by atoms with E-state index in [0.717, 1.165) is 32.1 Å². The number of carbonyl (C=O) groups is 1. The van der Waals surface area contributed by atoms with E-state index in [1.807, 2.05) is 0 Å². The molecule has 2 N–H and O–H groups in total. The van der Waals surface area contributed by atoms with Crippen molar-refractivity contribution in [3.63, 3.8) is 0 Å². The van der Waals surface area contributed by atoms with Gasteiger partial charge in [0.1, 0.15) is 6.10 Å². The molecule has 0 bridgehead atoms. The quantitative estimate of drug-likeness (QED) is 0.0435. The van der Waals surface area contributed by atoms with Crippen molar-refractivity contribution in [2.45, 2.75) is 187 Å². The van der Waals surface area contributed by atoms with E-state index in [1.165, 1.54) is 128 Å². The van der Waals surface area contributed by atoms with Crippen LogP contribution in [0.4, 0.5) is 0 Å². The van der Waals surface area contributed by atoms with Crippen LogP contribution in [0.25, 0.3) is 0 Å². The van der Waals surface area contributed by atoms with E-state index in [4.69, 9.17) is 19.3 Å². The van der Waals surface area contributed by atoms with E-state index < -0.39 is 13.9 Å². The third-order valence-electron chi connectivity index (χ3n) is 7.66. The second-order valence-corrected chi connectivity index (χ2v) is 13.1. The molecule has 0 saturated heterocycles. The summed E-state index contributed by atoms with van der Waals surface area (Å²) in [7, 11) is -4.63. The summed E-state index contributed by atoms with van der Waals surface area (Å²) in [6.45, 7) is 4.72. The van der Waals surface area contributed by atoms with Crippen LogP contribution in [0.2, 0.25) is 0 Å². The van der Waals surface area contributed by atoms with Crippen LogP contribution in [0.15, 0.2) is 0 Å². The molecule has 0 heterocycles. The van der Waals surface area contributed by atoms with Crippen molar-refractivity contribution in [1.29, 1.82) is 0 Å². The van der Waals surface area contributed by atoms with E-state index in [9.17, 15) is 9.36 Å². The van der Waals surface area contributed by atoms with E-state index in [1.54, 1.807) is 0 Å². The smallest absolute Gasteiger partial charge is 0.457 e. The Bertz CT molecular complexity index is 596. The summed E-state index contributed by atoms with van der Waals surface area (Å²) >= 11 is 0.